The highest BCUT2D eigenvalue weighted by Crippen LogP contribution is 2.41. The zero-order valence-electron chi connectivity index (χ0n) is 50.8. The number of methoxy groups -OCH3 is 1. The topological polar surface area (TPSA) is 15.7 Å². The van der Waals surface area contributed by atoms with E-state index in [1.54, 1.807) is 7.11 Å². The lowest BCUT2D eigenvalue weighted by molar-refractivity contribution is 0.415. The molecule has 0 heterocycles. The summed E-state index contributed by atoms with van der Waals surface area (Å²) in [7, 11) is 1.70. The zero-order chi connectivity index (χ0) is 59.2. The second-order valence-corrected chi connectivity index (χ2v) is 22.7. The van der Waals surface area contributed by atoms with Gasteiger partial charge < -0.3 is 14.5 Å². The van der Waals surface area contributed by atoms with Gasteiger partial charge in [-0.3, -0.25) is 0 Å². The molecule has 0 atom stereocenters. The van der Waals surface area contributed by atoms with Gasteiger partial charge in [0.2, 0.25) is 0 Å². The van der Waals surface area contributed by atoms with Crippen LogP contribution >= 0.6 is 0 Å². The van der Waals surface area contributed by atoms with Gasteiger partial charge in [0.15, 0.2) is 0 Å². The Morgan fingerprint density at radius 2 is 0.628 bits per heavy atom. The highest BCUT2D eigenvalue weighted by Gasteiger charge is 2.19. The molecule has 0 fully saturated rings. The summed E-state index contributed by atoms with van der Waals surface area (Å²) in [5.41, 5.74) is 27.8. The van der Waals surface area contributed by atoms with Crippen molar-refractivity contribution in [3.8, 4) is 50.3 Å². The summed E-state index contributed by atoms with van der Waals surface area (Å²) >= 11 is 0. The monoisotopic (exact) mass is 1120 g/mol. The molecule has 3 nitrogen and oxygen atoms in total. The van der Waals surface area contributed by atoms with E-state index in [2.05, 4.69) is 311 Å². The lowest BCUT2D eigenvalue weighted by Crippen LogP contribution is -2.12. The van der Waals surface area contributed by atoms with Crippen molar-refractivity contribution in [2.24, 2.45) is 0 Å². The van der Waals surface area contributed by atoms with Crippen LogP contribution in [0.25, 0.3) is 68.8 Å². The molecule has 0 spiro atoms. The van der Waals surface area contributed by atoms with Crippen LogP contribution in [0.5, 0.6) is 5.75 Å². The Kier molecular flexibility index (Phi) is 18.8. The first-order valence-electron chi connectivity index (χ1n) is 30.8. The van der Waals surface area contributed by atoms with Crippen molar-refractivity contribution in [1.29, 1.82) is 0 Å². The van der Waals surface area contributed by atoms with Crippen molar-refractivity contribution in [3.63, 3.8) is 0 Å². The van der Waals surface area contributed by atoms with Gasteiger partial charge in [-0.25, -0.2) is 0 Å². The van der Waals surface area contributed by atoms with E-state index in [9.17, 15) is 0 Å². The number of nitrogens with zero attached hydrogens (tertiary/aromatic N) is 2. The first-order valence-corrected chi connectivity index (χ1v) is 30.8. The number of anilines is 6. The minimum atomic E-state index is 0.859. The predicted octanol–water partition coefficient (Wildman–Crippen LogP) is 23.5. The first kappa shape index (κ1) is 58.1. The molecule has 0 unspecified atom stereocenters. The summed E-state index contributed by atoms with van der Waals surface area (Å²) in [6.45, 7) is 11.2. The third-order valence-corrected chi connectivity index (χ3v) is 16.6. The fraction of sp³-hybridized carbons (Fsp3) is 0.157. The lowest BCUT2D eigenvalue weighted by atomic mass is 9.96. The van der Waals surface area contributed by atoms with E-state index in [0.717, 1.165) is 58.9 Å². The van der Waals surface area contributed by atoms with Crippen molar-refractivity contribution in [3.05, 3.63) is 305 Å². The van der Waals surface area contributed by atoms with Crippen molar-refractivity contribution in [2.45, 2.75) is 79.6 Å². The van der Waals surface area contributed by atoms with Crippen LogP contribution in [0.4, 0.5) is 34.1 Å². The van der Waals surface area contributed by atoms with Crippen LogP contribution in [0, 0.1) is 13.8 Å². The molecule has 3 heteroatoms. The van der Waals surface area contributed by atoms with Gasteiger partial charge in [0.25, 0.3) is 0 Å². The maximum Gasteiger partial charge on any atom is 0.118 e. The quantitative estimate of drug-likeness (QED) is 0.0629. The number of hydrogen-bond acceptors (Lipinski definition) is 3. The van der Waals surface area contributed by atoms with Crippen molar-refractivity contribution in [2.75, 3.05) is 16.9 Å². The molecule has 0 saturated heterocycles. The van der Waals surface area contributed by atoms with Crippen LogP contribution in [0.1, 0.15) is 96.5 Å². The van der Waals surface area contributed by atoms with Crippen LogP contribution < -0.4 is 14.5 Å². The van der Waals surface area contributed by atoms with Crippen LogP contribution in [-0.2, 0) is 19.3 Å². The van der Waals surface area contributed by atoms with Crippen LogP contribution in [0.15, 0.2) is 255 Å². The molecule has 0 aliphatic rings. The van der Waals surface area contributed by atoms with Gasteiger partial charge in [-0.15, -0.1) is 0 Å². The van der Waals surface area contributed by atoms with E-state index in [0.29, 0.717) is 0 Å². The maximum atomic E-state index is 5.36. The van der Waals surface area contributed by atoms with E-state index in [1.807, 2.05) is 12.1 Å². The molecule has 86 heavy (non-hydrogen) atoms. The molecule has 0 aromatic heterocycles. The Labute approximate surface area is 511 Å². The molecule has 0 aliphatic heterocycles. The smallest absolute Gasteiger partial charge is 0.118 e. The number of aryl methyl sites for hydroxylation is 5. The number of rotatable bonds is 22. The minimum Gasteiger partial charge on any atom is -0.497 e. The molecule has 0 aliphatic carbocycles. The average Bonchev–Trinajstić information content (AvgIpc) is 3.40. The van der Waals surface area contributed by atoms with Gasteiger partial charge in [-0.05, 0) is 208 Å². The van der Waals surface area contributed by atoms with Crippen molar-refractivity contribution < 1.29 is 4.74 Å². The van der Waals surface area contributed by atoms with Crippen molar-refractivity contribution >= 4 is 58.4 Å². The molecule has 11 rings (SSSR count). The summed E-state index contributed by atoms with van der Waals surface area (Å²) < 4.78 is 5.36. The van der Waals surface area contributed by atoms with E-state index in [1.165, 1.54) is 121 Å². The van der Waals surface area contributed by atoms with Crippen LogP contribution in [-0.4, -0.2) is 7.11 Å². The largest absolute Gasteiger partial charge is 0.497 e. The highest BCUT2D eigenvalue weighted by molar-refractivity contribution is 5.84. The number of unbranched alkanes of at least 4 members (excludes halogenated alkanes) is 2. The molecular formula is C83H78N2O. The minimum absolute atomic E-state index is 0.859. The summed E-state index contributed by atoms with van der Waals surface area (Å²) in [5.74, 6) is 0.859. The number of hydrogen-bond donors (Lipinski definition) is 0. The van der Waals surface area contributed by atoms with Crippen molar-refractivity contribution in [1.82, 2.24) is 0 Å². The first-order chi connectivity index (χ1) is 42.2. The Morgan fingerprint density at radius 3 is 0.965 bits per heavy atom. The lowest BCUT2D eigenvalue weighted by Gasteiger charge is -2.28. The Hall–Kier alpha value is -9.70. The standard InChI is InChI=1S/C83H78N2O/c1-7-10-12-66-28-56-82(61(5)58-66)84(77-46-22-63(23-47-77)19-18-62-16-14-60(4)15-17-62)79-50-42-75(43-51-79)73-38-34-71(35-39-73)69-30-32-70(33-31-69)72-36-40-74(41-37-72)76-44-52-80(53-45-76)85(83-57-29-67(13-11-8-2)59-68(83)9-3)78-48-24-64(25-49-78)20-21-65-26-54-81(86-6)55-27-65/h14-59H,7-13H2,1-6H3/b19-18+,21-20+. The molecule has 0 saturated carbocycles. The van der Waals surface area contributed by atoms with Gasteiger partial charge in [-0.2, -0.15) is 0 Å². The molecule has 0 amide bonds. The molecule has 426 valence electrons. The Balaban J connectivity index is 0.772. The summed E-state index contributed by atoms with van der Waals surface area (Å²) in [5, 5.41) is 0. The fourth-order valence-corrected chi connectivity index (χ4v) is 11.5. The van der Waals surface area contributed by atoms with Gasteiger partial charge in [0, 0.05) is 34.1 Å². The molecule has 11 aromatic carbocycles. The molecule has 0 radical (unpaired) electrons. The highest BCUT2D eigenvalue weighted by atomic mass is 16.5. The number of ether oxygens (including phenoxy) is 1. The fourth-order valence-electron chi connectivity index (χ4n) is 11.5. The van der Waals surface area contributed by atoms with Gasteiger partial charge in [-0.1, -0.05) is 245 Å². The maximum absolute atomic E-state index is 5.36. The Morgan fingerprint density at radius 1 is 0.326 bits per heavy atom. The van der Waals surface area contributed by atoms with E-state index in [-0.39, 0.29) is 0 Å². The predicted molar refractivity (Wildman–Crippen MR) is 371 cm³/mol. The Bertz CT molecular complexity index is 4020. The average molecular weight is 1120 g/mol. The normalized spacial score (nSPS) is 11.4. The second kappa shape index (κ2) is 27.8. The molecule has 0 N–H and O–H groups in total. The molecular weight excluding hydrogens is 1040 g/mol. The second-order valence-electron chi connectivity index (χ2n) is 22.7. The van der Waals surface area contributed by atoms with Gasteiger partial charge in [0.1, 0.15) is 5.75 Å². The SMILES string of the molecule is CCCCc1ccc(N(c2ccc(/C=C/c3ccc(C)cc3)cc2)c2ccc(-c3ccc(-c4ccc(-c5ccc(-c6ccc(N(c7ccc(/C=C/c8ccc(OC)cc8)cc7)c7ccc(CCCC)cc7CC)cc6)cc5)cc4)cc3)cc2)c(C)c1. The third-order valence-electron chi connectivity index (χ3n) is 16.6. The molecule has 11 aromatic rings. The van der Waals surface area contributed by atoms with Crippen LogP contribution in [0.2, 0.25) is 0 Å². The summed E-state index contributed by atoms with van der Waals surface area (Å²) in [6, 6.07) is 93.7. The summed E-state index contributed by atoms with van der Waals surface area (Å²) in [4.78, 5) is 4.81. The van der Waals surface area contributed by atoms with Crippen LogP contribution in [0.3, 0.4) is 0 Å². The van der Waals surface area contributed by atoms with Gasteiger partial charge in [0.05, 0.1) is 7.11 Å². The third kappa shape index (κ3) is 14.1. The van der Waals surface area contributed by atoms with Gasteiger partial charge >= 0.3 is 0 Å². The van der Waals surface area contributed by atoms with E-state index < -0.39 is 0 Å². The summed E-state index contributed by atoms with van der Waals surface area (Å²) in [6.07, 6.45) is 16.6. The number of benzene rings is 11. The van der Waals surface area contributed by atoms with E-state index in [4.69, 9.17) is 4.74 Å². The van der Waals surface area contributed by atoms with E-state index >= 15 is 0 Å². The molecule has 0 bridgehead atoms. The zero-order valence-corrected chi connectivity index (χ0v) is 50.8.